The summed E-state index contributed by atoms with van der Waals surface area (Å²) in [5.74, 6) is 1.28. The molecule has 0 bridgehead atoms. The van der Waals surface area contributed by atoms with Gasteiger partial charge in [0.25, 0.3) is 0 Å². The van der Waals surface area contributed by atoms with E-state index in [1.807, 2.05) is 0 Å². The van der Waals surface area contributed by atoms with Crippen molar-refractivity contribution in [3.8, 4) is 17.2 Å². The van der Waals surface area contributed by atoms with Crippen molar-refractivity contribution in [2.75, 3.05) is 13.4 Å². The molecule has 0 unspecified atom stereocenters. The van der Waals surface area contributed by atoms with Gasteiger partial charge in [-0.3, -0.25) is 9.59 Å². The number of ketones is 2. The molecule has 0 saturated heterocycles. The summed E-state index contributed by atoms with van der Waals surface area (Å²) in [6.07, 6.45) is 1.61. The molecule has 4 rings (SSSR count). The first-order valence-electron chi connectivity index (χ1n) is 8.25. The lowest BCUT2D eigenvalue weighted by Gasteiger charge is -2.20. The van der Waals surface area contributed by atoms with Crippen LogP contribution >= 0.6 is 11.6 Å². The smallest absolute Gasteiger partial charge is 0.231 e. The molecule has 0 radical (unpaired) electrons. The van der Waals surface area contributed by atoms with Crippen molar-refractivity contribution in [2.24, 2.45) is 0 Å². The molecule has 2 heterocycles. The van der Waals surface area contributed by atoms with Crippen molar-refractivity contribution < 1.29 is 28.5 Å². The molecule has 2 aromatic carbocycles. The minimum absolute atomic E-state index is 0.0382. The van der Waals surface area contributed by atoms with Crippen molar-refractivity contribution >= 4 is 29.2 Å². The number of hydrogen-bond acceptors (Lipinski definition) is 6. The second-order valence-electron chi connectivity index (χ2n) is 6.18. The first-order valence-corrected chi connectivity index (χ1v) is 8.62. The summed E-state index contributed by atoms with van der Waals surface area (Å²) in [5, 5.41) is 0.512. The van der Waals surface area contributed by atoms with E-state index in [1.165, 1.54) is 6.92 Å². The number of carbonyl (C=O) groups excluding carboxylic acids is 2. The lowest BCUT2D eigenvalue weighted by Crippen LogP contribution is -2.12. The maximum Gasteiger partial charge on any atom is 0.231 e. The van der Waals surface area contributed by atoms with Crippen LogP contribution < -0.4 is 14.2 Å². The molecule has 0 fully saturated rings. The molecule has 7 heteroatoms. The van der Waals surface area contributed by atoms with Crippen LogP contribution in [0.25, 0.3) is 6.08 Å². The van der Waals surface area contributed by atoms with Crippen LogP contribution in [0.1, 0.15) is 28.4 Å². The molecule has 0 spiro atoms. The Morgan fingerprint density at radius 1 is 1.30 bits per heavy atom. The standard InChI is InChI=1S/C20H15ClO6/c1-11(22)8-25-15-2-3-16-17(7-15)27-18(19(16)23)6-12-4-14(21)5-13-9-24-10-26-20(12)13/h2-7H,8-10H2,1H3/b18-6-. The molecule has 0 amide bonds. The molecule has 2 aliphatic heterocycles. The van der Waals surface area contributed by atoms with Crippen LogP contribution in [0.15, 0.2) is 36.1 Å². The lowest BCUT2D eigenvalue weighted by atomic mass is 10.1. The number of halogens is 1. The fourth-order valence-electron chi connectivity index (χ4n) is 2.90. The molecule has 0 aromatic heterocycles. The number of rotatable bonds is 4. The summed E-state index contributed by atoms with van der Waals surface area (Å²) in [7, 11) is 0. The molecule has 27 heavy (non-hydrogen) atoms. The number of fused-ring (bicyclic) bond motifs is 2. The van der Waals surface area contributed by atoms with Crippen LogP contribution in [0.4, 0.5) is 0 Å². The zero-order valence-electron chi connectivity index (χ0n) is 14.4. The molecular weight excluding hydrogens is 372 g/mol. The van der Waals surface area contributed by atoms with E-state index in [1.54, 1.807) is 36.4 Å². The molecule has 6 nitrogen and oxygen atoms in total. The van der Waals surface area contributed by atoms with Crippen LogP contribution in [0, 0.1) is 0 Å². The fraction of sp³-hybridized carbons (Fsp3) is 0.200. The van der Waals surface area contributed by atoms with Crippen molar-refractivity contribution in [1.82, 2.24) is 0 Å². The van der Waals surface area contributed by atoms with E-state index in [0.29, 0.717) is 40.0 Å². The van der Waals surface area contributed by atoms with Crippen LogP contribution in [0.2, 0.25) is 5.02 Å². The average Bonchev–Trinajstić information content (AvgIpc) is 2.95. The summed E-state index contributed by atoms with van der Waals surface area (Å²) in [6.45, 7) is 1.92. The third-order valence-electron chi connectivity index (χ3n) is 4.07. The molecule has 0 N–H and O–H groups in total. The monoisotopic (exact) mass is 386 g/mol. The largest absolute Gasteiger partial charge is 0.486 e. The summed E-state index contributed by atoms with van der Waals surface area (Å²) >= 11 is 6.16. The molecule has 2 aliphatic rings. The Hall–Kier alpha value is -2.83. The second-order valence-corrected chi connectivity index (χ2v) is 6.62. The highest BCUT2D eigenvalue weighted by Gasteiger charge is 2.28. The highest BCUT2D eigenvalue weighted by molar-refractivity contribution is 6.31. The number of carbonyl (C=O) groups is 2. The molecule has 0 atom stereocenters. The fourth-order valence-corrected chi connectivity index (χ4v) is 3.15. The van der Waals surface area contributed by atoms with Gasteiger partial charge < -0.3 is 18.9 Å². The molecule has 0 aliphatic carbocycles. The van der Waals surface area contributed by atoms with Crippen molar-refractivity contribution in [1.29, 1.82) is 0 Å². The Morgan fingerprint density at radius 2 is 2.15 bits per heavy atom. The predicted molar refractivity (Wildman–Crippen MR) is 97.3 cm³/mol. The van der Waals surface area contributed by atoms with E-state index in [2.05, 4.69) is 0 Å². The molecule has 2 aromatic rings. The number of ether oxygens (including phenoxy) is 4. The normalized spacial score (nSPS) is 16.4. The van der Waals surface area contributed by atoms with Gasteiger partial charge in [0, 0.05) is 22.2 Å². The minimum Gasteiger partial charge on any atom is -0.486 e. The van der Waals surface area contributed by atoms with Crippen LogP contribution in [0.5, 0.6) is 17.2 Å². The van der Waals surface area contributed by atoms with Crippen LogP contribution in [0.3, 0.4) is 0 Å². The number of hydrogen-bond donors (Lipinski definition) is 0. The number of benzene rings is 2. The summed E-state index contributed by atoms with van der Waals surface area (Å²) in [5.41, 5.74) is 1.88. The third kappa shape index (κ3) is 3.54. The van der Waals surface area contributed by atoms with E-state index < -0.39 is 0 Å². The summed E-state index contributed by atoms with van der Waals surface area (Å²) < 4.78 is 21.9. The van der Waals surface area contributed by atoms with Gasteiger partial charge in [-0.15, -0.1) is 0 Å². The summed E-state index contributed by atoms with van der Waals surface area (Å²) in [6, 6.07) is 8.32. The number of allylic oxidation sites excluding steroid dienone is 1. The first kappa shape index (κ1) is 17.6. The SMILES string of the molecule is CC(=O)COc1ccc2c(c1)O/C(=C\c1cc(Cl)cc3c1OCOC3)C2=O. The van der Waals surface area contributed by atoms with E-state index in [0.717, 1.165) is 5.56 Å². The van der Waals surface area contributed by atoms with Crippen molar-refractivity contribution in [2.45, 2.75) is 13.5 Å². The van der Waals surface area contributed by atoms with Crippen LogP contribution in [-0.4, -0.2) is 25.0 Å². The maximum absolute atomic E-state index is 12.6. The topological polar surface area (TPSA) is 71.1 Å². The van der Waals surface area contributed by atoms with Gasteiger partial charge in [-0.05, 0) is 37.3 Å². The lowest BCUT2D eigenvalue weighted by molar-refractivity contribution is -0.118. The summed E-state index contributed by atoms with van der Waals surface area (Å²) in [4.78, 5) is 23.7. The van der Waals surface area contributed by atoms with Crippen molar-refractivity contribution in [3.05, 3.63) is 57.8 Å². The average molecular weight is 387 g/mol. The van der Waals surface area contributed by atoms with Gasteiger partial charge >= 0.3 is 0 Å². The van der Waals surface area contributed by atoms with Gasteiger partial charge in [-0.25, -0.2) is 0 Å². The minimum atomic E-state index is -0.246. The Balaban J connectivity index is 1.65. The third-order valence-corrected chi connectivity index (χ3v) is 4.29. The Morgan fingerprint density at radius 3 is 2.96 bits per heavy atom. The Labute approximate surface area is 160 Å². The molecular formula is C20H15ClO6. The van der Waals surface area contributed by atoms with Gasteiger partial charge in [-0.2, -0.15) is 0 Å². The Kier molecular flexibility index (Phi) is 4.59. The Bertz CT molecular complexity index is 979. The first-order chi connectivity index (χ1) is 13.0. The molecule has 138 valence electrons. The van der Waals surface area contributed by atoms with E-state index in [9.17, 15) is 9.59 Å². The highest BCUT2D eigenvalue weighted by Crippen LogP contribution is 2.38. The van der Waals surface area contributed by atoms with Gasteiger partial charge in [0.05, 0.1) is 12.2 Å². The van der Waals surface area contributed by atoms with Crippen molar-refractivity contribution in [3.63, 3.8) is 0 Å². The van der Waals surface area contributed by atoms with E-state index in [-0.39, 0.29) is 30.7 Å². The van der Waals surface area contributed by atoms with Gasteiger partial charge in [0.1, 0.15) is 23.9 Å². The zero-order chi connectivity index (χ0) is 19.0. The van der Waals surface area contributed by atoms with Gasteiger partial charge in [-0.1, -0.05) is 11.6 Å². The highest BCUT2D eigenvalue weighted by atomic mass is 35.5. The van der Waals surface area contributed by atoms with Gasteiger partial charge in [0.15, 0.2) is 18.3 Å². The maximum atomic E-state index is 12.6. The predicted octanol–water partition coefficient (Wildman–Crippen LogP) is 3.79. The second kappa shape index (κ2) is 7.06. The zero-order valence-corrected chi connectivity index (χ0v) is 15.2. The van der Waals surface area contributed by atoms with Crippen LogP contribution in [-0.2, 0) is 16.1 Å². The molecule has 0 saturated carbocycles. The van der Waals surface area contributed by atoms with E-state index in [4.69, 9.17) is 30.5 Å². The van der Waals surface area contributed by atoms with Gasteiger partial charge in [0.2, 0.25) is 5.78 Å². The van der Waals surface area contributed by atoms with E-state index >= 15 is 0 Å². The number of Topliss-reactive ketones (excluding diaryl/α,β-unsaturated/α-hetero) is 2. The quantitative estimate of drug-likeness (QED) is 0.744.